The van der Waals surface area contributed by atoms with Gasteiger partial charge in [0.1, 0.15) is 11.8 Å². The van der Waals surface area contributed by atoms with Gasteiger partial charge in [0.25, 0.3) is 5.91 Å². The molecule has 0 aromatic carbocycles. The minimum Gasteiger partial charge on any atom is -0.390 e. The van der Waals surface area contributed by atoms with E-state index in [4.69, 9.17) is 11.2 Å². The fourth-order valence-electron chi connectivity index (χ4n) is 4.07. The Morgan fingerprint density at radius 1 is 1.57 bits per heavy atom. The van der Waals surface area contributed by atoms with Crippen LogP contribution < -0.4 is 10.6 Å². The van der Waals surface area contributed by atoms with E-state index in [1.54, 1.807) is 0 Å². The highest BCUT2D eigenvalue weighted by atomic mass is 16.5. The molecule has 4 atom stereocenters. The van der Waals surface area contributed by atoms with E-state index in [1.165, 1.54) is 11.8 Å². The van der Waals surface area contributed by atoms with Crippen molar-refractivity contribution in [1.29, 1.82) is 0 Å². The van der Waals surface area contributed by atoms with Crippen molar-refractivity contribution in [3.05, 3.63) is 0 Å². The number of aliphatic hydroxyl groups excluding tert-OH is 1. The number of nitrogens with zero attached hydrogens (tertiary/aromatic N) is 2. The van der Waals surface area contributed by atoms with Gasteiger partial charge in [-0.1, -0.05) is 5.92 Å². The SMILES string of the molecule is C#CCN1C(=O)NC2N(O)CNC(=O)C21C1([C@H](C)O)CCCO1. The van der Waals surface area contributed by atoms with Gasteiger partial charge in [0.15, 0.2) is 5.54 Å². The predicted octanol–water partition coefficient (Wildman–Crippen LogP) is -1.58. The number of aliphatic hydroxyl groups is 1. The van der Waals surface area contributed by atoms with E-state index in [1.807, 2.05) is 0 Å². The van der Waals surface area contributed by atoms with Gasteiger partial charge in [-0.3, -0.25) is 9.69 Å². The Kier molecular flexibility index (Phi) is 3.72. The second-order valence-electron chi connectivity index (χ2n) is 6.03. The lowest BCUT2D eigenvalue weighted by atomic mass is 9.70. The summed E-state index contributed by atoms with van der Waals surface area (Å²) >= 11 is 0. The quantitative estimate of drug-likeness (QED) is 0.466. The molecule has 9 heteroatoms. The first-order chi connectivity index (χ1) is 10.9. The molecule has 0 radical (unpaired) electrons. The standard InChI is InChI=1S/C14H20N4O5/c1-3-6-17-12(21)16-10-14(17,11(20)15-8-18(10)22)13(9(2)19)5-4-7-23-13/h1,9-10,19,22H,4-8H2,2H3,(H,15,20)(H,16,21)/t9-,10?,13?,14?/m0/s1. The predicted molar refractivity (Wildman–Crippen MR) is 76.8 cm³/mol. The molecule has 4 N–H and O–H groups in total. The summed E-state index contributed by atoms with van der Waals surface area (Å²) in [6.45, 7) is 1.56. The van der Waals surface area contributed by atoms with Crippen molar-refractivity contribution in [3.63, 3.8) is 0 Å². The molecule has 3 saturated heterocycles. The van der Waals surface area contributed by atoms with Crippen molar-refractivity contribution in [2.75, 3.05) is 19.8 Å². The van der Waals surface area contributed by atoms with Crippen molar-refractivity contribution < 1.29 is 24.6 Å². The smallest absolute Gasteiger partial charge is 0.320 e. The Balaban J connectivity index is 2.23. The maximum atomic E-state index is 12.9. The van der Waals surface area contributed by atoms with E-state index >= 15 is 0 Å². The van der Waals surface area contributed by atoms with E-state index in [-0.39, 0.29) is 13.2 Å². The first-order valence-corrected chi connectivity index (χ1v) is 7.49. The van der Waals surface area contributed by atoms with Crippen molar-refractivity contribution in [2.24, 2.45) is 0 Å². The minimum absolute atomic E-state index is 0.148. The maximum absolute atomic E-state index is 12.9. The van der Waals surface area contributed by atoms with Crippen LogP contribution in [0.4, 0.5) is 4.79 Å². The van der Waals surface area contributed by atoms with Gasteiger partial charge in [-0.15, -0.1) is 11.5 Å². The van der Waals surface area contributed by atoms with E-state index in [2.05, 4.69) is 16.6 Å². The molecule has 0 bridgehead atoms. The molecule has 3 unspecified atom stereocenters. The normalized spacial score (nSPS) is 38.7. The average Bonchev–Trinajstić information content (AvgIpc) is 3.10. The lowest BCUT2D eigenvalue weighted by Gasteiger charge is -2.54. The molecular weight excluding hydrogens is 304 g/mol. The third kappa shape index (κ3) is 1.83. The van der Waals surface area contributed by atoms with Crippen LogP contribution in [0.15, 0.2) is 0 Å². The molecule has 3 rings (SSSR count). The van der Waals surface area contributed by atoms with Gasteiger partial charge in [-0.25, -0.2) is 4.79 Å². The molecule has 0 spiro atoms. The fraction of sp³-hybridized carbons (Fsp3) is 0.714. The first kappa shape index (κ1) is 16.0. The molecule has 9 nitrogen and oxygen atoms in total. The highest BCUT2D eigenvalue weighted by Gasteiger charge is 2.74. The van der Waals surface area contributed by atoms with Crippen molar-refractivity contribution in [1.82, 2.24) is 20.6 Å². The van der Waals surface area contributed by atoms with Crippen LogP contribution in [-0.4, -0.2) is 75.4 Å². The summed E-state index contributed by atoms with van der Waals surface area (Å²) < 4.78 is 5.84. The van der Waals surface area contributed by atoms with Crippen LogP contribution >= 0.6 is 0 Å². The van der Waals surface area contributed by atoms with Gasteiger partial charge < -0.3 is 25.7 Å². The Bertz CT molecular complexity index is 568. The Morgan fingerprint density at radius 2 is 2.30 bits per heavy atom. The molecule has 3 heterocycles. The molecule has 3 fully saturated rings. The number of nitrogens with one attached hydrogen (secondary N) is 2. The molecule has 0 aromatic rings. The zero-order valence-electron chi connectivity index (χ0n) is 12.8. The van der Waals surface area contributed by atoms with Gasteiger partial charge in [0, 0.05) is 6.61 Å². The lowest BCUT2D eigenvalue weighted by Crippen LogP contribution is -2.82. The summed E-state index contributed by atoms with van der Waals surface area (Å²) in [6, 6.07) is -0.584. The second kappa shape index (κ2) is 5.35. The average molecular weight is 324 g/mol. The number of carbonyl (C=O) groups is 2. The molecule has 3 aliphatic rings. The van der Waals surface area contributed by atoms with E-state index < -0.39 is 35.3 Å². The summed E-state index contributed by atoms with van der Waals surface area (Å²) in [4.78, 5) is 26.5. The number of hydrogen-bond acceptors (Lipinski definition) is 6. The molecule has 23 heavy (non-hydrogen) atoms. The molecule has 3 amide bonds. The van der Waals surface area contributed by atoms with Gasteiger partial charge in [0.05, 0.1) is 19.3 Å². The number of terminal acetylenes is 1. The minimum atomic E-state index is -1.66. The van der Waals surface area contributed by atoms with Crippen LogP contribution in [0, 0.1) is 12.3 Å². The molecule has 0 aromatic heterocycles. The van der Waals surface area contributed by atoms with Gasteiger partial charge >= 0.3 is 6.03 Å². The highest BCUT2D eigenvalue weighted by Crippen LogP contribution is 2.48. The Morgan fingerprint density at radius 3 is 2.87 bits per heavy atom. The van der Waals surface area contributed by atoms with Crippen LogP contribution in [-0.2, 0) is 9.53 Å². The number of carbonyl (C=O) groups excluding carboxylic acids is 2. The van der Waals surface area contributed by atoms with Crippen molar-refractivity contribution in [2.45, 2.75) is 43.2 Å². The first-order valence-electron chi connectivity index (χ1n) is 7.49. The largest absolute Gasteiger partial charge is 0.390 e. The third-order valence-corrected chi connectivity index (χ3v) is 4.99. The number of amides is 3. The van der Waals surface area contributed by atoms with Crippen LogP contribution in [0.25, 0.3) is 0 Å². The van der Waals surface area contributed by atoms with Gasteiger partial charge in [0.2, 0.25) is 0 Å². The second-order valence-corrected chi connectivity index (χ2v) is 6.03. The highest BCUT2D eigenvalue weighted by molar-refractivity contribution is 5.97. The van der Waals surface area contributed by atoms with Crippen LogP contribution in [0.1, 0.15) is 19.8 Å². The van der Waals surface area contributed by atoms with Crippen LogP contribution in [0.3, 0.4) is 0 Å². The molecule has 0 aliphatic carbocycles. The summed E-state index contributed by atoms with van der Waals surface area (Å²) in [6.07, 6.45) is 4.22. The molecular formula is C14H20N4O5. The number of hydrogen-bond donors (Lipinski definition) is 4. The van der Waals surface area contributed by atoms with Crippen molar-refractivity contribution >= 4 is 11.9 Å². The third-order valence-electron chi connectivity index (χ3n) is 4.99. The fourth-order valence-corrected chi connectivity index (χ4v) is 4.07. The summed E-state index contributed by atoms with van der Waals surface area (Å²) in [5.74, 6) is 1.85. The van der Waals surface area contributed by atoms with E-state index in [9.17, 15) is 19.9 Å². The van der Waals surface area contributed by atoms with E-state index in [0.717, 1.165) is 5.06 Å². The Hall–Kier alpha value is -1.86. The number of hydroxylamine groups is 2. The van der Waals surface area contributed by atoms with Gasteiger partial charge in [-0.05, 0) is 19.8 Å². The number of rotatable bonds is 3. The summed E-state index contributed by atoms with van der Waals surface area (Å²) in [5, 5.41) is 26.6. The van der Waals surface area contributed by atoms with E-state index in [0.29, 0.717) is 19.4 Å². The van der Waals surface area contributed by atoms with Crippen LogP contribution in [0.5, 0.6) is 0 Å². The summed E-state index contributed by atoms with van der Waals surface area (Å²) in [5.41, 5.74) is -3.02. The zero-order valence-corrected chi connectivity index (χ0v) is 12.8. The van der Waals surface area contributed by atoms with Gasteiger partial charge in [-0.2, -0.15) is 0 Å². The Labute approximate surface area is 133 Å². The lowest BCUT2D eigenvalue weighted by molar-refractivity contribution is -0.237. The topological polar surface area (TPSA) is 114 Å². The molecule has 126 valence electrons. The molecule has 0 saturated carbocycles. The zero-order chi connectivity index (χ0) is 16.8. The number of ether oxygens (including phenoxy) is 1. The maximum Gasteiger partial charge on any atom is 0.320 e. The number of urea groups is 1. The van der Waals surface area contributed by atoms with Crippen LogP contribution in [0.2, 0.25) is 0 Å². The molecule has 3 aliphatic heterocycles. The number of fused-ring (bicyclic) bond motifs is 1. The summed E-state index contributed by atoms with van der Waals surface area (Å²) in [7, 11) is 0. The van der Waals surface area contributed by atoms with Crippen molar-refractivity contribution in [3.8, 4) is 12.3 Å². The monoisotopic (exact) mass is 324 g/mol.